The van der Waals surface area contributed by atoms with Gasteiger partial charge in [-0.1, -0.05) is 30.3 Å². The maximum atomic E-state index is 13.5. The fourth-order valence-electron chi connectivity index (χ4n) is 2.28. The number of rotatable bonds is 3. The molecule has 0 aliphatic heterocycles. The van der Waals surface area contributed by atoms with E-state index in [9.17, 15) is 14.5 Å². The largest absolute Gasteiger partial charge is 0.306 e. The zero-order valence-corrected chi connectivity index (χ0v) is 11.7. The number of nitro benzene ring substituents is 1. The van der Waals surface area contributed by atoms with E-state index in [0.29, 0.717) is 5.69 Å². The Morgan fingerprint density at radius 3 is 2.55 bits per heavy atom. The summed E-state index contributed by atoms with van der Waals surface area (Å²) < 4.78 is 15.1. The van der Waals surface area contributed by atoms with Crippen molar-refractivity contribution >= 4 is 5.69 Å². The molecule has 0 radical (unpaired) electrons. The van der Waals surface area contributed by atoms with Crippen LogP contribution in [0.25, 0.3) is 16.9 Å². The minimum absolute atomic E-state index is 0.444. The smallest absolute Gasteiger partial charge is 0.258 e. The maximum Gasteiger partial charge on any atom is 0.306 e. The predicted molar refractivity (Wildman–Crippen MR) is 80.3 cm³/mol. The lowest BCUT2D eigenvalue weighted by Crippen LogP contribution is -2.01. The third kappa shape index (κ3) is 2.46. The summed E-state index contributed by atoms with van der Waals surface area (Å²) in [5, 5.41) is 15.3. The standard InChI is InChI=1S/C16H12FN3O2/c1-11-9-15(12-5-3-2-4-6-12)19(18-11)13-7-8-14(17)16(10-13)20(21)22/h2-10H,1H3. The summed E-state index contributed by atoms with van der Waals surface area (Å²) in [6.45, 7) is 1.83. The second-order valence-electron chi connectivity index (χ2n) is 4.84. The van der Waals surface area contributed by atoms with Gasteiger partial charge in [-0.3, -0.25) is 10.1 Å². The molecule has 110 valence electrons. The number of hydrogen-bond donors (Lipinski definition) is 0. The van der Waals surface area contributed by atoms with Crippen molar-refractivity contribution in [1.82, 2.24) is 9.78 Å². The van der Waals surface area contributed by atoms with Gasteiger partial charge >= 0.3 is 5.69 Å². The Labute approximate surface area is 125 Å². The SMILES string of the molecule is Cc1cc(-c2ccccc2)n(-c2ccc(F)c([N+](=O)[O-])c2)n1. The molecule has 6 heteroatoms. The molecule has 2 aromatic carbocycles. The summed E-state index contributed by atoms with van der Waals surface area (Å²) >= 11 is 0. The van der Waals surface area contributed by atoms with Crippen LogP contribution in [0.15, 0.2) is 54.6 Å². The molecule has 0 aliphatic carbocycles. The molecule has 3 rings (SSSR count). The zero-order chi connectivity index (χ0) is 15.7. The van der Waals surface area contributed by atoms with Crippen LogP contribution in [0.2, 0.25) is 0 Å². The highest BCUT2D eigenvalue weighted by atomic mass is 19.1. The van der Waals surface area contributed by atoms with E-state index in [1.807, 2.05) is 43.3 Å². The average Bonchev–Trinajstić information content (AvgIpc) is 2.90. The summed E-state index contributed by atoms with van der Waals surface area (Å²) in [7, 11) is 0. The molecule has 0 fully saturated rings. The first-order valence-electron chi connectivity index (χ1n) is 6.62. The molecule has 0 unspecified atom stereocenters. The first kappa shape index (κ1) is 13.9. The van der Waals surface area contributed by atoms with E-state index in [4.69, 9.17) is 0 Å². The van der Waals surface area contributed by atoms with Gasteiger partial charge in [0, 0.05) is 11.6 Å². The van der Waals surface area contributed by atoms with Crippen molar-refractivity contribution in [2.45, 2.75) is 6.92 Å². The van der Waals surface area contributed by atoms with E-state index in [-0.39, 0.29) is 0 Å². The van der Waals surface area contributed by atoms with E-state index in [1.54, 1.807) is 4.68 Å². The van der Waals surface area contributed by atoms with E-state index in [1.165, 1.54) is 12.1 Å². The van der Waals surface area contributed by atoms with Crippen LogP contribution in [0.1, 0.15) is 5.69 Å². The van der Waals surface area contributed by atoms with Gasteiger partial charge in [0.25, 0.3) is 0 Å². The summed E-state index contributed by atoms with van der Waals surface area (Å²) in [6, 6.07) is 15.2. The van der Waals surface area contributed by atoms with Gasteiger partial charge in [0.1, 0.15) is 0 Å². The second kappa shape index (κ2) is 5.40. The zero-order valence-electron chi connectivity index (χ0n) is 11.7. The molecule has 0 saturated heterocycles. The minimum atomic E-state index is -0.862. The molecule has 22 heavy (non-hydrogen) atoms. The lowest BCUT2D eigenvalue weighted by atomic mass is 10.1. The van der Waals surface area contributed by atoms with Crippen LogP contribution in [-0.4, -0.2) is 14.7 Å². The van der Waals surface area contributed by atoms with Gasteiger partial charge in [0.2, 0.25) is 5.82 Å². The Kier molecular flexibility index (Phi) is 3.42. The van der Waals surface area contributed by atoms with E-state index in [0.717, 1.165) is 23.0 Å². The van der Waals surface area contributed by atoms with Crippen molar-refractivity contribution in [1.29, 1.82) is 0 Å². The number of halogens is 1. The summed E-state index contributed by atoms with van der Waals surface area (Å²) in [4.78, 5) is 10.2. The van der Waals surface area contributed by atoms with Crippen LogP contribution in [0.4, 0.5) is 10.1 Å². The number of nitrogens with zero attached hydrogens (tertiary/aromatic N) is 3. The number of aromatic nitrogens is 2. The molecule has 0 aliphatic rings. The first-order valence-corrected chi connectivity index (χ1v) is 6.62. The van der Waals surface area contributed by atoms with Gasteiger partial charge in [-0.05, 0) is 25.1 Å². The third-order valence-corrected chi connectivity index (χ3v) is 3.27. The highest BCUT2D eigenvalue weighted by Crippen LogP contribution is 2.26. The van der Waals surface area contributed by atoms with Crippen LogP contribution in [0, 0.1) is 22.9 Å². The summed E-state index contributed by atoms with van der Waals surface area (Å²) in [5.41, 5.74) is 2.37. The normalized spacial score (nSPS) is 10.6. The topological polar surface area (TPSA) is 61.0 Å². The van der Waals surface area contributed by atoms with Crippen LogP contribution in [-0.2, 0) is 0 Å². The Balaban J connectivity index is 2.18. The molecule has 0 bridgehead atoms. The molecule has 0 saturated carbocycles. The fourth-order valence-corrected chi connectivity index (χ4v) is 2.28. The van der Waals surface area contributed by atoms with Crippen LogP contribution < -0.4 is 0 Å². The molecular formula is C16H12FN3O2. The molecule has 0 atom stereocenters. The first-order chi connectivity index (χ1) is 10.6. The number of nitro groups is 1. The van der Waals surface area contributed by atoms with Crippen molar-refractivity contribution in [3.05, 3.63) is 76.2 Å². The molecule has 0 N–H and O–H groups in total. The Morgan fingerprint density at radius 1 is 1.14 bits per heavy atom. The number of benzene rings is 2. The van der Waals surface area contributed by atoms with E-state index >= 15 is 0 Å². The number of hydrogen-bond acceptors (Lipinski definition) is 3. The van der Waals surface area contributed by atoms with Gasteiger partial charge in [-0.15, -0.1) is 0 Å². The van der Waals surface area contributed by atoms with Gasteiger partial charge in [0.05, 0.1) is 22.0 Å². The van der Waals surface area contributed by atoms with Crippen LogP contribution in [0.5, 0.6) is 0 Å². The average molecular weight is 297 g/mol. The Morgan fingerprint density at radius 2 is 1.86 bits per heavy atom. The lowest BCUT2D eigenvalue weighted by Gasteiger charge is -2.07. The van der Waals surface area contributed by atoms with Crippen LogP contribution in [0.3, 0.4) is 0 Å². The fraction of sp³-hybridized carbons (Fsp3) is 0.0625. The molecule has 5 nitrogen and oxygen atoms in total. The van der Waals surface area contributed by atoms with Gasteiger partial charge in [0.15, 0.2) is 0 Å². The third-order valence-electron chi connectivity index (χ3n) is 3.27. The van der Waals surface area contributed by atoms with Gasteiger partial charge < -0.3 is 0 Å². The highest BCUT2D eigenvalue weighted by molar-refractivity contribution is 5.63. The van der Waals surface area contributed by atoms with Crippen molar-refractivity contribution in [3.63, 3.8) is 0 Å². The maximum absolute atomic E-state index is 13.5. The van der Waals surface area contributed by atoms with Crippen molar-refractivity contribution in [2.75, 3.05) is 0 Å². The minimum Gasteiger partial charge on any atom is -0.258 e. The monoisotopic (exact) mass is 297 g/mol. The van der Waals surface area contributed by atoms with Gasteiger partial charge in [-0.25, -0.2) is 4.68 Å². The molecule has 3 aromatic rings. The summed E-state index contributed by atoms with van der Waals surface area (Å²) in [5.74, 6) is -0.862. The lowest BCUT2D eigenvalue weighted by molar-refractivity contribution is -0.387. The molecule has 0 amide bonds. The quantitative estimate of drug-likeness (QED) is 0.544. The van der Waals surface area contributed by atoms with Crippen molar-refractivity contribution in [2.24, 2.45) is 0 Å². The van der Waals surface area contributed by atoms with Crippen molar-refractivity contribution < 1.29 is 9.31 Å². The Hall–Kier alpha value is -3.02. The molecule has 0 spiro atoms. The Bertz CT molecular complexity index is 844. The highest BCUT2D eigenvalue weighted by Gasteiger charge is 2.17. The molecule has 1 aromatic heterocycles. The number of aryl methyl sites for hydroxylation is 1. The summed E-state index contributed by atoms with van der Waals surface area (Å²) in [6.07, 6.45) is 0. The van der Waals surface area contributed by atoms with Crippen LogP contribution >= 0.6 is 0 Å². The van der Waals surface area contributed by atoms with Gasteiger partial charge in [-0.2, -0.15) is 9.49 Å². The predicted octanol–water partition coefficient (Wildman–Crippen LogP) is 3.90. The molecular weight excluding hydrogens is 285 g/mol. The molecule has 1 heterocycles. The van der Waals surface area contributed by atoms with E-state index in [2.05, 4.69) is 5.10 Å². The van der Waals surface area contributed by atoms with E-state index < -0.39 is 16.4 Å². The second-order valence-corrected chi connectivity index (χ2v) is 4.84. The van der Waals surface area contributed by atoms with Crippen molar-refractivity contribution in [3.8, 4) is 16.9 Å².